The molecule has 262 valence electrons. The number of hydrogen-bond acceptors (Lipinski definition) is 7. The number of carbonyl (C=O) groups is 2. The number of imidazole rings is 1. The largest absolute Gasteiger partial charge is 0.443 e. The van der Waals surface area contributed by atoms with Crippen LogP contribution in [0.4, 0.5) is 21.0 Å². The maximum atomic E-state index is 13.4. The molecule has 50 heavy (non-hydrogen) atoms. The van der Waals surface area contributed by atoms with Gasteiger partial charge in [0.15, 0.2) is 0 Å². The van der Waals surface area contributed by atoms with E-state index in [9.17, 15) is 19.7 Å². The van der Waals surface area contributed by atoms with Gasteiger partial charge in [-0.25, -0.2) is 9.59 Å². The SMILES string of the molecule is CC(C)(C)OC(=O)N=c1n(Cc2cccc3c2ccn3C(=O)OC(C)(C)C)c2ccccc2n1C1CCN(c2cc(Cl)ccc2[N+](=O)[O-])CC1. The number of piperidine rings is 1. The summed E-state index contributed by atoms with van der Waals surface area (Å²) < 4.78 is 16.9. The summed E-state index contributed by atoms with van der Waals surface area (Å²) in [5.74, 6) is 0. The van der Waals surface area contributed by atoms with Gasteiger partial charge in [-0.1, -0.05) is 35.9 Å². The van der Waals surface area contributed by atoms with Gasteiger partial charge in [0.2, 0.25) is 5.62 Å². The molecule has 1 amide bonds. The smallest absolute Gasteiger partial charge is 0.437 e. The fraction of sp³-hybridized carbons (Fsp3) is 0.378. The van der Waals surface area contributed by atoms with Gasteiger partial charge in [-0.05, 0) is 96.3 Å². The predicted octanol–water partition coefficient (Wildman–Crippen LogP) is 8.47. The first-order chi connectivity index (χ1) is 23.6. The number of rotatable bonds is 5. The molecule has 0 bridgehead atoms. The van der Waals surface area contributed by atoms with Gasteiger partial charge in [-0.15, -0.1) is 4.99 Å². The summed E-state index contributed by atoms with van der Waals surface area (Å²) in [6.45, 7) is 12.3. The zero-order chi connectivity index (χ0) is 36.0. The summed E-state index contributed by atoms with van der Waals surface area (Å²) in [6, 6.07) is 20.1. The molecular weight excluding hydrogens is 660 g/mol. The molecule has 12 nitrogen and oxygen atoms in total. The summed E-state index contributed by atoms with van der Waals surface area (Å²) in [7, 11) is 0. The zero-order valence-electron chi connectivity index (χ0n) is 29.1. The first kappa shape index (κ1) is 34.8. The zero-order valence-corrected chi connectivity index (χ0v) is 29.8. The van der Waals surface area contributed by atoms with Crippen LogP contribution in [0, 0.1) is 10.1 Å². The maximum absolute atomic E-state index is 13.4. The van der Waals surface area contributed by atoms with E-state index in [0.29, 0.717) is 54.3 Å². The van der Waals surface area contributed by atoms with Crippen molar-refractivity contribution in [1.29, 1.82) is 0 Å². The molecule has 1 fully saturated rings. The molecule has 3 heterocycles. The number of nitro groups is 1. The number of nitro benzene ring substituents is 1. The lowest BCUT2D eigenvalue weighted by molar-refractivity contribution is -0.384. The Morgan fingerprint density at radius 3 is 2.22 bits per heavy atom. The van der Waals surface area contributed by atoms with Crippen molar-refractivity contribution in [2.75, 3.05) is 18.0 Å². The van der Waals surface area contributed by atoms with E-state index >= 15 is 0 Å². The average Bonchev–Trinajstić information content (AvgIpc) is 3.59. The minimum absolute atomic E-state index is 0.00685. The molecule has 0 radical (unpaired) electrons. The number of carbonyl (C=O) groups excluding carboxylic acids is 2. The maximum Gasteiger partial charge on any atom is 0.437 e. The van der Waals surface area contributed by atoms with Gasteiger partial charge >= 0.3 is 12.2 Å². The molecule has 0 unspecified atom stereocenters. The standard InChI is InChI=1S/C37H41ClN6O6/c1-36(2,3)49-34(45)39-33-42(23-24-10-9-13-28-27(24)18-21-41(28)35(46)50-37(4,5)6)29-11-7-8-12-30(29)43(33)26-16-19-40(20-17-26)32-22-25(38)14-15-31(32)44(47)48/h7-15,18,21-22,26H,16-17,19-20,23H2,1-6H3. The summed E-state index contributed by atoms with van der Waals surface area (Å²) in [4.78, 5) is 44.4. The molecule has 0 aliphatic carbocycles. The third kappa shape index (κ3) is 7.25. The lowest BCUT2D eigenvalue weighted by atomic mass is 10.0. The van der Waals surface area contributed by atoms with Crippen LogP contribution >= 0.6 is 11.6 Å². The Hall–Kier alpha value is -5.10. The van der Waals surface area contributed by atoms with E-state index in [1.807, 2.05) is 78.8 Å². The number of nitrogens with zero attached hydrogens (tertiary/aromatic N) is 6. The van der Waals surface area contributed by atoms with Crippen LogP contribution in [-0.4, -0.2) is 55.1 Å². The summed E-state index contributed by atoms with van der Waals surface area (Å²) in [6.07, 6.45) is 1.79. The van der Waals surface area contributed by atoms with Crippen LogP contribution in [0.2, 0.25) is 5.02 Å². The van der Waals surface area contributed by atoms with Crippen molar-refractivity contribution < 1.29 is 24.0 Å². The third-order valence-corrected chi connectivity index (χ3v) is 8.76. The second-order valence-corrected chi connectivity index (χ2v) is 14.9. The van der Waals surface area contributed by atoms with Crippen molar-refractivity contribution in [3.05, 3.63) is 99.2 Å². The molecule has 0 atom stereocenters. The molecule has 0 saturated carbocycles. The first-order valence-corrected chi connectivity index (χ1v) is 17.0. The normalized spacial score (nSPS) is 14.8. The van der Waals surface area contributed by atoms with Gasteiger partial charge in [-0.2, -0.15) is 0 Å². The number of aromatic nitrogens is 3. The molecular formula is C37H41ClN6O6. The lowest BCUT2D eigenvalue weighted by Gasteiger charge is -2.34. The number of halogens is 1. The molecule has 1 aliphatic heterocycles. The van der Waals surface area contributed by atoms with Crippen LogP contribution in [0.5, 0.6) is 0 Å². The van der Waals surface area contributed by atoms with Gasteiger partial charge in [0.05, 0.1) is 28.0 Å². The minimum Gasteiger partial charge on any atom is -0.443 e. The van der Waals surface area contributed by atoms with Crippen LogP contribution in [0.1, 0.15) is 66.0 Å². The van der Waals surface area contributed by atoms with E-state index in [2.05, 4.69) is 9.56 Å². The highest BCUT2D eigenvalue weighted by Crippen LogP contribution is 2.35. The second-order valence-electron chi connectivity index (χ2n) is 14.5. The molecule has 6 rings (SSSR count). The fourth-order valence-electron chi connectivity index (χ4n) is 6.52. The van der Waals surface area contributed by atoms with E-state index in [1.54, 1.807) is 33.0 Å². The first-order valence-electron chi connectivity index (χ1n) is 16.6. The Morgan fingerprint density at radius 2 is 1.56 bits per heavy atom. The van der Waals surface area contributed by atoms with Gasteiger partial charge < -0.3 is 23.5 Å². The van der Waals surface area contributed by atoms with Gasteiger partial charge in [0, 0.05) is 41.8 Å². The number of benzene rings is 3. The van der Waals surface area contributed by atoms with Crippen molar-refractivity contribution in [3.8, 4) is 0 Å². The Bertz CT molecular complexity index is 2180. The summed E-state index contributed by atoms with van der Waals surface area (Å²) in [5, 5.41) is 13.1. The number of anilines is 1. The lowest BCUT2D eigenvalue weighted by Crippen LogP contribution is -2.39. The topological polar surface area (TPSA) is 126 Å². The van der Waals surface area contributed by atoms with Crippen LogP contribution in [0.3, 0.4) is 0 Å². The Kier molecular flexibility index (Phi) is 9.25. The van der Waals surface area contributed by atoms with Crippen molar-refractivity contribution in [2.45, 2.75) is 78.2 Å². The van der Waals surface area contributed by atoms with Crippen molar-refractivity contribution >= 4 is 57.1 Å². The molecule has 0 spiro atoms. The fourth-order valence-corrected chi connectivity index (χ4v) is 6.68. The van der Waals surface area contributed by atoms with E-state index in [-0.39, 0.29) is 16.7 Å². The molecule has 2 aromatic heterocycles. The van der Waals surface area contributed by atoms with Crippen molar-refractivity contribution in [2.24, 2.45) is 4.99 Å². The number of fused-ring (bicyclic) bond motifs is 2. The van der Waals surface area contributed by atoms with Crippen LogP contribution < -0.4 is 10.5 Å². The Labute approximate surface area is 294 Å². The average molecular weight is 701 g/mol. The van der Waals surface area contributed by atoms with Crippen LogP contribution in [0.25, 0.3) is 21.9 Å². The summed E-state index contributed by atoms with van der Waals surface area (Å²) in [5.41, 5.74) is 2.89. The quantitative estimate of drug-likeness (QED) is 0.133. The highest BCUT2D eigenvalue weighted by Gasteiger charge is 2.29. The molecule has 13 heteroatoms. The second kappa shape index (κ2) is 13.3. The highest BCUT2D eigenvalue weighted by atomic mass is 35.5. The molecule has 5 aromatic rings. The van der Waals surface area contributed by atoms with E-state index in [4.69, 9.17) is 21.1 Å². The monoisotopic (exact) mass is 700 g/mol. The molecule has 1 saturated heterocycles. The number of hydrogen-bond donors (Lipinski definition) is 0. The Morgan fingerprint density at radius 1 is 0.900 bits per heavy atom. The third-order valence-electron chi connectivity index (χ3n) is 8.52. The van der Waals surface area contributed by atoms with E-state index in [1.165, 1.54) is 16.7 Å². The highest BCUT2D eigenvalue weighted by molar-refractivity contribution is 6.31. The van der Waals surface area contributed by atoms with Crippen LogP contribution in [0.15, 0.2) is 77.9 Å². The van der Waals surface area contributed by atoms with Gasteiger partial charge in [-0.3, -0.25) is 14.7 Å². The van der Waals surface area contributed by atoms with Crippen molar-refractivity contribution in [1.82, 2.24) is 13.7 Å². The molecule has 1 aliphatic rings. The number of para-hydroxylation sites is 2. The number of amides is 1. The van der Waals surface area contributed by atoms with E-state index in [0.717, 1.165) is 22.0 Å². The molecule has 0 N–H and O–H groups in total. The number of ether oxygens (including phenoxy) is 2. The van der Waals surface area contributed by atoms with Crippen molar-refractivity contribution in [3.63, 3.8) is 0 Å². The predicted molar refractivity (Wildman–Crippen MR) is 193 cm³/mol. The van der Waals surface area contributed by atoms with Gasteiger partial charge in [0.1, 0.15) is 16.9 Å². The molecule has 3 aromatic carbocycles. The Balaban J connectivity index is 1.44. The van der Waals surface area contributed by atoms with E-state index < -0.39 is 23.4 Å². The summed E-state index contributed by atoms with van der Waals surface area (Å²) >= 11 is 6.26. The van der Waals surface area contributed by atoms with Crippen LogP contribution in [-0.2, 0) is 16.0 Å². The minimum atomic E-state index is -0.755. The van der Waals surface area contributed by atoms with Gasteiger partial charge in [0.25, 0.3) is 5.69 Å².